The first-order valence-electron chi connectivity index (χ1n) is 10.8. The maximum Gasteiger partial charge on any atom is 0.161 e. The van der Waals surface area contributed by atoms with Crippen molar-refractivity contribution in [3.05, 3.63) is 29.8 Å². The van der Waals surface area contributed by atoms with E-state index >= 15 is 0 Å². The predicted molar refractivity (Wildman–Crippen MR) is 109 cm³/mol. The lowest BCUT2D eigenvalue weighted by Gasteiger charge is -2.23. The van der Waals surface area contributed by atoms with Gasteiger partial charge in [0.2, 0.25) is 0 Å². The van der Waals surface area contributed by atoms with Crippen molar-refractivity contribution in [1.82, 2.24) is 5.48 Å². The molecule has 2 fully saturated rings. The van der Waals surface area contributed by atoms with E-state index in [1.54, 1.807) is 0 Å². The van der Waals surface area contributed by atoms with E-state index in [0.717, 1.165) is 42.4 Å². The van der Waals surface area contributed by atoms with Crippen LogP contribution in [0.15, 0.2) is 24.3 Å². The highest BCUT2D eigenvalue weighted by molar-refractivity contribution is 5.68. The maximum atomic E-state index is 6.20. The van der Waals surface area contributed by atoms with Gasteiger partial charge in [-0.3, -0.25) is 10.3 Å². The molecule has 1 atom stereocenters. The Bertz CT molecular complexity index is 688. The van der Waals surface area contributed by atoms with Crippen LogP contribution in [-0.2, 0) is 9.57 Å². The summed E-state index contributed by atoms with van der Waals surface area (Å²) in [6, 6.07) is 6.18. The molecule has 0 amide bonds. The van der Waals surface area contributed by atoms with Gasteiger partial charge in [-0.1, -0.05) is 33.1 Å². The van der Waals surface area contributed by atoms with Gasteiger partial charge in [0.25, 0.3) is 0 Å². The Kier molecular flexibility index (Phi) is 6.12. The third kappa shape index (κ3) is 4.64. The molecule has 2 aliphatic heterocycles. The molecule has 2 heterocycles. The Balaban J connectivity index is 1.49. The summed E-state index contributed by atoms with van der Waals surface area (Å²) in [6.07, 6.45) is 9.60. The van der Waals surface area contributed by atoms with Crippen molar-refractivity contribution in [3.63, 3.8) is 0 Å². The van der Waals surface area contributed by atoms with Crippen LogP contribution in [0.4, 0.5) is 0 Å². The fourth-order valence-corrected chi connectivity index (χ4v) is 4.10. The molecular formula is C23H33NO4. The van der Waals surface area contributed by atoms with E-state index < -0.39 is 0 Å². The minimum absolute atomic E-state index is 0.329. The Hall–Kier alpha value is -1.72. The molecule has 154 valence electrons. The van der Waals surface area contributed by atoms with E-state index in [1.165, 1.54) is 32.1 Å². The van der Waals surface area contributed by atoms with Gasteiger partial charge in [0.05, 0.1) is 25.5 Å². The van der Waals surface area contributed by atoms with Gasteiger partial charge < -0.3 is 14.2 Å². The summed E-state index contributed by atoms with van der Waals surface area (Å²) in [5.74, 6) is 2.78. The van der Waals surface area contributed by atoms with Gasteiger partial charge in [-0.05, 0) is 49.0 Å². The SMILES string of the molecule is CC(C)COc1cc(C2=CC3(CCOC3)ON2)ccc1OCC1CCCCC1. The Labute approximate surface area is 168 Å². The van der Waals surface area contributed by atoms with Gasteiger partial charge in [0, 0.05) is 18.6 Å². The number of rotatable bonds is 7. The summed E-state index contributed by atoms with van der Waals surface area (Å²) in [7, 11) is 0. The van der Waals surface area contributed by atoms with E-state index in [2.05, 4.69) is 37.5 Å². The smallest absolute Gasteiger partial charge is 0.161 e. The molecule has 28 heavy (non-hydrogen) atoms. The fourth-order valence-electron chi connectivity index (χ4n) is 4.10. The van der Waals surface area contributed by atoms with Gasteiger partial charge in [0.15, 0.2) is 11.5 Å². The molecule has 1 N–H and O–H groups in total. The van der Waals surface area contributed by atoms with E-state index in [1.807, 2.05) is 6.07 Å². The van der Waals surface area contributed by atoms with Crippen molar-refractivity contribution < 1.29 is 19.0 Å². The van der Waals surface area contributed by atoms with Crippen LogP contribution in [0.3, 0.4) is 0 Å². The van der Waals surface area contributed by atoms with Crippen LogP contribution >= 0.6 is 0 Å². The van der Waals surface area contributed by atoms with Gasteiger partial charge in [-0.2, -0.15) is 0 Å². The third-order valence-electron chi connectivity index (χ3n) is 5.81. The summed E-state index contributed by atoms with van der Waals surface area (Å²) in [5.41, 5.74) is 4.78. The van der Waals surface area contributed by atoms with Gasteiger partial charge >= 0.3 is 0 Å². The molecule has 1 aliphatic carbocycles. The van der Waals surface area contributed by atoms with Crippen LogP contribution in [0.25, 0.3) is 5.70 Å². The summed E-state index contributed by atoms with van der Waals surface area (Å²) >= 11 is 0. The second-order valence-corrected chi connectivity index (χ2v) is 8.81. The molecule has 1 saturated heterocycles. The highest BCUT2D eigenvalue weighted by Crippen LogP contribution is 2.36. The second-order valence-electron chi connectivity index (χ2n) is 8.81. The van der Waals surface area contributed by atoms with Crippen LogP contribution in [0.2, 0.25) is 0 Å². The number of benzene rings is 1. The number of hydrogen-bond donors (Lipinski definition) is 1. The van der Waals surface area contributed by atoms with E-state index in [4.69, 9.17) is 19.0 Å². The molecule has 1 spiro atoms. The van der Waals surface area contributed by atoms with E-state index in [9.17, 15) is 0 Å². The van der Waals surface area contributed by atoms with Crippen molar-refractivity contribution >= 4 is 5.70 Å². The molecule has 4 rings (SSSR count). The van der Waals surface area contributed by atoms with Crippen molar-refractivity contribution in [2.45, 2.75) is 58.0 Å². The standard InChI is InChI=1S/C23H33NO4/c1-17(2)14-26-22-12-19(20-13-23(28-24-20)10-11-25-16-23)8-9-21(22)27-15-18-6-4-3-5-7-18/h8-9,12-13,17-18,24H,3-7,10-11,14-16H2,1-2H3. The first-order valence-corrected chi connectivity index (χ1v) is 10.8. The molecule has 3 aliphatic rings. The van der Waals surface area contributed by atoms with Gasteiger partial charge in [0.1, 0.15) is 5.60 Å². The van der Waals surface area contributed by atoms with Crippen LogP contribution < -0.4 is 15.0 Å². The topological polar surface area (TPSA) is 49.0 Å². The molecule has 1 saturated carbocycles. The van der Waals surface area contributed by atoms with Crippen LogP contribution in [0.5, 0.6) is 11.5 Å². The lowest BCUT2D eigenvalue weighted by molar-refractivity contribution is -0.0373. The first kappa shape index (κ1) is 19.6. The molecule has 0 aromatic heterocycles. The van der Waals surface area contributed by atoms with Crippen molar-refractivity contribution in [3.8, 4) is 11.5 Å². The van der Waals surface area contributed by atoms with Crippen molar-refractivity contribution in [2.75, 3.05) is 26.4 Å². The highest BCUT2D eigenvalue weighted by Gasteiger charge is 2.39. The highest BCUT2D eigenvalue weighted by atomic mass is 16.7. The van der Waals surface area contributed by atoms with Crippen LogP contribution in [0.1, 0.15) is 57.9 Å². The quantitative estimate of drug-likeness (QED) is 0.734. The molecule has 0 radical (unpaired) electrons. The van der Waals surface area contributed by atoms with Gasteiger partial charge in [-0.15, -0.1) is 0 Å². The number of nitrogens with one attached hydrogen (secondary N) is 1. The van der Waals surface area contributed by atoms with Gasteiger partial charge in [-0.25, -0.2) is 0 Å². The largest absolute Gasteiger partial charge is 0.489 e. The van der Waals surface area contributed by atoms with E-state index in [-0.39, 0.29) is 5.60 Å². The first-order chi connectivity index (χ1) is 13.6. The Morgan fingerprint density at radius 3 is 2.75 bits per heavy atom. The molecular weight excluding hydrogens is 354 g/mol. The van der Waals surface area contributed by atoms with Crippen molar-refractivity contribution in [1.29, 1.82) is 0 Å². The lowest BCUT2D eigenvalue weighted by atomic mass is 9.90. The Morgan fingerprint density at radius 1 is 1.14 bits per heavy atom. The van der Waals surface area contributed by atoms with Crippen molar-refractivity contribution in [2.24, 2.45) is 11.8 Å². The molecule has 5 heteroatoms. The zero-order valence-electron chi connectivity index (χ0n) is 17.2. The zero-order valence-corrected chi connectivity index (χ0v) is 17.2. The Morgan fingerprint density at radius 2 is 2.00 bits per heavy atom. The van der Waals surface area contributed by atoms with E-state index in [0.29, 0.717) is 25.0 Å². The molecule has 1 unspecified atom stereocenters. The summed E-state index contributed by atoms with van der Waals surface area (Å²) in [4.78, 5) is 5.82. The summed E-state index contributed by atoms with van der Waals surface area (Å²) in [5, 5.41) is 0. The number of hydrogen-bond acceptors (Lipinski definition) is 5. The third-order valence-corrected chi connectivity index (χ3v) is 5.81. The predicted octanol–water partition coefficient (Wildman–Crippen LogP) is 4.72. The summed E-state index contributed by atoms with van der Waals surface area (Å²) < 4.78 is 17.8. The molecule has 1 aromatic rings. The zero-order chi connectivity index (χ0) is 19.4. The molecule has 1 aromatic carbocycles. The minimum Gasteiger partial charge on any atom is -0.489 e. The maximum absolute atomic E-state index is 6.20. The second kappa shape index (κ2) is 8.75. The minimum atomic E-state index is -0.329. The molecule has 5 nitrogen and oxygen atoms in total. The average Bonchev–Trinajstić information content (AvgIpc) is 3.36. The van der Waals surface area contributed by atoms with Crippen LogP contribution in [-0.4, -0.2) is 32.0 Å². The molecule has 0 bridgehead atoms. The fraction of sp³-hybridized carbons (Fsp3) is 0.652. The lowest BCUT2D eigenvalue weighted by Crippen LogP contribution is -2.29. The van der Waals surface area contributed by atoms with Crippen LogP contribution in [0, 0.1) is 11.8 Å². The monoisotopic (exact) mass is 387 g/mol. The average molecular weight is 388 g/mol. The number of hydroxylamine groups is 1. The number of ether oxygens (including phenoxy) is 3. The summed E-state index contributed by atoms with van der Waals surface area (Å²) in [6.45, 7) is 7.10. The normalized spacial score (nSPS) is 25.2.